The summed E-state index contributed by atoms with van der Waals surface area (Å²) in [5, 5.41) is 12.4. The molecule has 1 aliphatic heterocycles. The van der Waals surface area contributed by atoms with Gasteiger partial charge >= 0.3 is 0 Å². The van der Waals surface area contributed by atoms with Gasteiger partial charge in [-0.1, -0.05) is 6.07 Å². The predicted octanol–water partition coefficient (Wildman–Crippen LogP) is 1.06. The van der Waals surface area contributed by atoms with E-state index >= 15 is 0 Å². The van der Waals surface area contributed by atoms with E-state index in [1.807, 2.05) is 6.92 Å². The normalized spacial score (nSPS) is 17.4. The summed E-state index contributed by atoms with van der Waals surface area (Å²) >= 11 is 0. The molecule has 4 N–H and O–H groups in total. The number of rotatable bonds is 3. The maximum Gasteiger partial charge on any atom is 0.238 e. The van der Waals surface area contributed by atoms with E-state index in [2.05, 4.69) is 10.2 Å². The summed E-state index contributed by atoms with van der Waals surface area (Å²) in [6, 6.07) is 5.42. The summed E-state index contributed by atoms with van der Waals surface area (Å²) in [5.74, 6) is -0.00371. The summed E-state index contributed by atoms with van der Waals surface area (Å²) in [6.45, 7) is 3.98. The largest absolute Gasteiger partial charge is 0.506 e. The summed E-state index contributed by atoms with van der Waals surface area (Å²) < 4.78 is 0. The van der Waals surface area contributed by atoms with Crippen LogP contribution in [0.1, 0.15) is 18.4 Å². The molecule has 19 heavy (non-hydrogen) atoms. The van der Waals surface area contributed by atoms with Crippen LogP contribution in [-0.4, -0.2) is 41.6 Å². The molecule has 0 radical (unpaired) electrons. The number of aromatic hydroxyl groups is 1. The first-order valence-electron chi connectivity index (χ1n) is 6.62. The second-order valence-corrected chi connectivity index (χ2v) is 5.18. The van der Waals surface area contributed by atoms with Crippen LogP contribution >= 0.6 is 0 Å². The zero-order valence-electron chi connectivity index (χ0n) is 11.2. The van der Waals surface area contributed by atoms with Crippen molar-refractivity contribution in [2.45, 2.75) is 25.8 Å². The molecule has 0 spiro atoms. The SMILES string of the molecule is Cc1ccc(O)c(NC(=O)CN2CCC(N)CC2)c1. The van der Waals surface area contributed by atoms with Gasteiger partial charge in [-0.25, -0.2) is 0 Å². The molecule has 0 unspecified atom stereocenters. The Morgan fingerprint density at radius 3 is 2.84 bits per heavy atom. The first-order valence-corrected chi connectivity index (χ1v) is 6.62. The predicted molar refractivity (Wildman–Crippen MR) is 75.1 cm³/mol. The van der Waals surface area contributed by atoms with Gasteiger partial charge in [-0.2, -0.15) is 0 Å². The number of phenols is 1. The molecule has 0 bridgehead atoms. The first-order chi connectivity index (χ1) is 9.04. The van der Waals surface area contributed by atoms with Gasteiger partial charge in [0.15, 0.2) is 0 Å². The number of phenolic OH excluding ortho intramolecular Hbond substituents is 1. The lowest BCUT2D eigenvalue weighted by molar-refractivity contribution is -0.117. The minimum atomic E-state index is -0.101. The summed E-state index contributed by atoms with van der Waals surface area (Å²) in [4.78, 5) is 14.0. The van der Waals surface area contributed by atoms with E-state index in [1.165, 1.54) is 0 Å². The molecule has 1 amide bonds. The Hall–Kier alpha value is -1.59. The average molecular weight is 263 g/mol. The molecule has 5 heteroatoms. The Labute approximate surface area is 113 Å². The van der Waals surface area contributed by atoms with Crippen molar-refractivity contribution in [1.82, 2.24) is 4.90 Å². The number of aryl methyl sites for hydroxylation is 1. The van der Waals surface area contributed by atoms with Crippen LogP contribution in [0, 0.1) is 6.92 Å². The minimum Gasteiger partial charge on any atom is -0.506 e. The number of nitrogens with zero attached hydrogens (tertiary/aromatic N) is 1. The molecule has 5 nitrogen and oxygen atoms in total. The highest BCUT2D eigenvalue weighted by Gasteiger charge is 2.18. The van der Waals surface area contributed by atoms with Crippen LogP contribution in [0.15, 0.2) is 18.2 Å². The summed E-state index contributed by atoms with van der Waals surface area (Å²) in [7, 11) is 0. The molecular formula is C14H21N3O2. The third-order valence-corrected chi connectivity index (χ3v) is 3.43. The number of carbonyl (C=O) groups excluding carboxylic acids is 1. The van der Waals surface area contributed by atoms with Crippen LogP contribution in [0.5, 0.6) is 5.75 Å². The maximum atomic E-state index is 11.9. The second kappa shape index (κ2) is 6.04. The van der Waals surface area contributed by atoms with Crippen LogP contribution < -0.4 is 11.1 Å². The Morgan fingerprint density at radius 1 is 1.47 bits per heavy atom. The van der Waals surface area contributed by atoms with Gasteiger partial charge < -0.3 is 16.2 Å². The van der Waals surface area contributed by atoms with E-state index in [0.717, 1.165) is 31.5 Å². The molecule has 1 aromatic rings. The van der Waals surface area contributed by atoms with Crippen molar-refractivity contribution in [2.24, 2.45) is 5.73 Å². The zero-order chi connectivity index (χ0) is 13.8. The van der Waals surface area contributed by atoms with Crippen molar-refractivity contribution < 1.29 is 9.90 Å². The molecular weight excluding hydrogens is 242 g/mol. The Bertz CT molecular complexity index is 454. The molecule has 0 saturated carbocycles. The van der Waals surface area contributed by atoms with Crippen LogP contribution in [-0.2, 0) is 4.79 Å². The lowest BCUT2D eigenvalue weighted by atomic mass is 10.1. The van der Waals surface area contributed by atoms with E-state index in [4.69, 9.17) is 5.73 Å². The van der Waals surface area contributed by atoms with Gasteiger partial charge in [-0.15, -0.1) is 0 Å². The van der Waals surface area contributed by atoms with Crippen molar-refractivity contribution >= 4 is 11.6 Å². The molecule has 1 heterocycles. The Morgan fingerprint density at radius 2 is 2.16 bits per heavy atom. The van der Waals surface area contributed by atoms with Gasteiger partial charge in [-0.3, -0.25) is 9.69 Å². The van der Waals surface area contributed by atoms with E-state index in [9.17, 15) is 9.90 Å². The Kier molecular flexibility index (Phi) is 4.39. The molecule has 1 aromatic carbocycles. The fourth-order valence-corrected chi connectivity index (χ4v) is 2.25. The van der Waals surface area contributed by atoms with Crippen LogP contribution in [0.2, 0.25) is 0 Å². The summed E-state index contributed by atoms with van der Waals surface area (Å²) in [5.41, 5.74) is 7.30. The average Bonchev–Trinajstić information content (AvgIpc) is 2.37. The molecule has 104 valence electrons. The molecule has 0 aliphatic carbocycles. The third-order valence-electron chi connectivity index (χ3n) is 3.43. The smallest absolute Gasteiger partial charge is 0.238 e. The van der Waals surface area contributed by atoms with Gasteiger partial charge in [0.1, 0.15) is 5.75 Å². The zero-order valence-corrected chi connectivity index (χ0v) is 11.2. The number of benzene rings is 1. The van der Waals surface area contributed by atoms with E-state index in [1.54, 1.807) is 18.2 Å². The molecule has 0 atom stereocenters. The number of likely N-dealkylation sites (tertiary alicyclic amines) is 1. The number of piperidine rings is 1. The maximum absolute atomic E-state index is 11.9. The van der Waals surface area contributed by atoms with Gasteiger partial charge in [0.05, 0.1) is 12.2 Å². The summed E-state index contributed by atoms with van der Waals surface area (Å²) in [6.07, 6.45) is 1.87. The number of anilines is 1. The van der Waals surface area contributed by atoms with Gasteiger partial charge in [0.2, 0.25) is 5.91 Å². The first kappa shape index (κ1) is 13.8. The number of hydrogen-bond donors (Lipinski definition) is 3. The number of nitrogens with two attached hydrogens (primary N) is 1. The highest BCUT2D eigenvalue weighted by molar-refractivity contribution is 5.93. The molecule has 1 fully saturated rings. The second-order valence-electron chi connectivity index (χ2n) is 5.18. The minimum absolute atomic E-state index is 0.0969. The van der Waals surface area contributed by atoms with Crippen molar-refractivity contribution in [1.29, 1.82) is 0 Å². The van der Waals surface area contributed by atoms with Crippen LogP contribution in [0.4, 0.5) is 5.69 Å². The van der Waals surface area contributed by atoms with Crippen molar-refractivity contribution in [2.75, 3.05) is 25.0 Å². The standard InChI is InChI=1S/C14H21N3O2/c1-10-2-3-13(18)12(8-10)16-14(19)9-17-6-4-11(15)5-7-17/h2-3,8,11,18H,4-7,9,15H2,1H3,(H,16,19). The Balaban J connectivity index is 1.89. The van der Waals surface area contributed by atoms with Crippen LogP contribution in [0.3, 0.4) is 0 Å². The number of amides is 1. The number of hydrogen-bond acceptors (Lipinski definition) is 4. The van der Waals surface area contributed by atoms with Gasteiger partial charge in [0, 0.05) is 19.1 Å². The van der Waals surface area contributed by atoms with Gasteiger partial charge in [0.25, 0.3) is 0 Å². The molecule has 1 saturated heterocycles. The van der Waals surface area contributed by atoms with Crippen molar-refractivity contribution in [3.8, 4) is 5.75 Å². The van der Waals surface area contributed by atoms with E-state index in [-0.39, 0.29) is 17.7 Å². The highest BCUT2D eigenvalue weighted by atomic mass is 16.3. The third kappa shape index (κ3) is 3.94. The van der Waals surface area contributed by atoms with Crippen molar-refractivity contribution in [3.63, 3.8) is 0 Å². The van der Waals surface area contributed by atoms with Crippen LogP contribution in [0.25, 0.3) is 0 Å². The lowest BCUT2D eigenvalue weighted by Crippen LogP contribution is -2.43. The highest BCUT2D eigenvalue weighted by Crippen LogP contribution is 2.23. The number of carbonyl (C=O) groups is 1. The molecule has 2 rings (SSSR count). The van der Waals surface area contributed by atoms with E-state index < -0.39 is 0 Å². The fraction of sp³-hybridized carbons (Fsp3) is 0.500. The molecule has 1 aliphatic rings. The monoisotopic (exact) mass is 263 g/mol. The quantitative estimate of drug-likeness (QED) is 0.713. The fourth-order valence-electron chi connectivity index (χ4n) is 2.25. The number of nitrogens with one attached hydrogen (secondary N) is 1. The van der Waals surface area contributed by atoms with E-state index in [0.29, 0.717) is 12.2 Å². The van der Waals surface area contributed by atoms with Crippen molar-refractivity contribution in [3.05, 3.63) is 23.8 Å². The molecule has 0 aromatic heterocycles. The van der Waals surface area contributed by atoms with Gasteiger partial charge in [-0.05, 0) is 37.5 Å². The topological polar surface area (TPSA) is 78.6 Å². The lowest BCUT2D eigenvalue weighted by Gasteiger charge is -2.29.